The van der Waals surface area contributed by atoms with Crippen LogP contribution in [0.25, 0.3) is 34.7 Å². The summed E-state index contributed by atoms with van der Waals surface area (Å²) in [6, 6.07) is 16.0. The normalized spacial score (nSPS) is 13.0. The number of aliphatic carboxylic acids is 1. The van der Waals surface area contributed by atoms with E-state index in [1.54, 1.807) is 12.4 Å². The van der Waals surface area contributed by atoms with Gasteiger partial charge in [0.15, 0.2) is 0 Å². The first kappa shape index (κ1) is 24.5. The molecule has 4 heterocycles. The molecule has 0 spiro atoms. The van der Waals surface area contributed by atoms with Gasteiger partial charge in [0, 0.05) is 47.2 Å². The van der Waals surface area contributed by atoms with Gasteiger partial charge in [-0.3, -0.25) is 14.9 Å². The maximum atomic E-state index is 12.0. The molecule has 36 heavy (non-hydrogen) atoms. The summed E-state index contributed by atoms with van der Waals surface area (Å²) in [4.78, 5) is 28.7. The number of halogens is 3. The summed E-state index contributed by atoms with van der Waals surface area (Å²) >= 11 is 0. The summed E-state index contributed by atoms with van der Waals surface area (Å²) in [5, 5.41) is 17.2. The quantitative estimate of drug-likeness (QED) is 0.331. The number of hydrogen-bond acceptors (Lipinski definition) is 4. The highest BCUT2D eigenvalue weighted by atomic mass is 19.4. The van der Waals surface area contributed by atoms with Gasteiger partial charge in [-0.05, 0) is 30.4 Å². The van der Waals surface area contributed by atoms with Crippen molar-refractivity contribution in [3.63, 3.8) is 0 Å². The van der Waals surface area contributed by atoms with Gasteiger partial charge < -0.3 is 15.4 Å². The van der Waals surface area contributed by atoms with E-state index in [2.05, 4.69) is 25.5 Å². The standard InChI is InChI=1S/C23H19N5O.C2HF3O2/c29-23-19-13-21(27-20(19)9-11-25-23)16-8-10-24-18(12-16)7-6-17-14-26-28-22(17)15-4-2-1-3-5-15;3-2(4,5)1(6)7/h1-8,10,12-14,27H,9,11H2,(H,25,29)(H,26,28);(H,6,7)/b7-6+;. The molecule has 11 heteroatoms. The third kappa shape index (κ3) is 5.69. The van der Waals surface area contributed by atoms with Crippen LogP contribution in [-0.2, 0) is 11.2 Å². The van der Waals surface area contributed by atoms with Gasteiger partial charge in [0.25, 0.3) is 5.91 Å². The number of aromatic nitrogens is 4. The monoisotopic (exact) mass is 495 g/mol. The third-order valence-corrected chi connectivity index (χ3v) is 5.30. The van der Waals surface area contributed by atoms with Gasteiger partial charge in [-0.1, -0.05) is 30.3 Å². The number of carbonyl (C=O) groups is 2. The molecule has 1 amide bonds. The summed E-state index contributed by atoms with van der Waals surface area (Å²) in [6.07, 6.45) is 3.30. The molecule has 0 unspecified atom stereocenters. The number of pyridine rings is 1. The van der Waals surface area contributed by atoms with E-state index in [1.165, 1.54) is 0 Å². The Hall–Kier alpha value is -4.67. The van der Waals surface area contributed by atoms with Crippen LogP contribution in [0.5, 0.6) is 0 Å². The zero-order valence-corrected chi connectivity index (χ0v) is 18.6. The van der Waals surface area contributed by atoms with Crippen LogP contribution in [0.2, 0.25) is 0 Å². The van der Waals surface area contributed by atoms with E-state index in [4.69, 9.17) is 9.90 Å². The number of alkyl halides is 3. The van der Waals surface area contributed by atoms with E-state index in [0.717, 1.165) is 51.5 Å². The average molecular weight is 495 g/mol. The Bertz CT molecular complexity index is 1410. The van der Waals surface area contributed by atoms with E-state index >= 15 is 0 Å². The van der Waals surface area contributed by atoms with Crippen LogP contribution in [0.3, 0.4) is 0 Å². The first-order valence-corrected chi connectivity index (χ1v) is 10.8. The number of carboxylic acids is 1. The van der Waals surface area contributed by atoms with Crippen LogP contribution in [0.1, 0.15) is 27.3 Å². The van der Waals surface area contributed by atoms with Crippen molar-refractivity contribution in [2.75, 3.05) is 6.54 Å². The molecule has 0 saturated carbocycles. The van der Waals surface area contributed by atoms with Crippen LogP contribution in [0.4, 0.5) is 13.2 Å². The smallest absolute Gasteiger partial charge is 0.475 e. The largest absolute Gasteiger partial charge is 0.490 e. The van der Waals surface area contributed by atoms with Crippen molar-refractivity contribution in [3.05, 3.63) is 83.4 Å². The van der Waals surface area contributed by atoms with Crippen molar-refractivity contribution >= 4 is 24.0 Å². The second-order valence-electron chi connectivity index (χ2n) is 7.75. The fourth-order valence-corrected chi connectivity index (χ4v) is 3.59. The van der Waals surface area contributed by atoms with Crippen LogP contribution in [-0.4, -0.2) is 49.9 Å². The minimum absolute atomic E-state index is 0.0173. The number of carbonyl (C=O) groups excluding carboxylic acids is 1. The Balaban J connectivity index is 0.000000384. The molecule has 0 radical (unpaired) electrons. The first-order chi connectivity index (χ1) is 17.2. The molecule has 4 N–H and O–H groups in total. The van der Waals surface area contributed by atoms with Crippen LogP contribution in [0, 0.1) is 0 Å². The number of amides is 1. The molecule has 184 valence electrons. The Morgan fingerprint density at radius 1 is 1.06 bits per heavy atom. The fraction of sp³-hybridized carbons (Fsp3) is 0.120. The molecule has 1 aromatic carbocycles. The maximum absolute atomic E-state index is 12.0. The Morgan fingerprint density at radius 2 is 1.81 bits per heavy atom. The highest BCUT2D eigenvalue weighted by Crippen LogP contribution is 2.26. The minimum Gasteiger partial charge on any atom is -0.475 e. The summed E-state index contributed by atoms with van der Waals surface area (Å²) in [5.41, 5.74) is 7.53. The zero-order valence-electron chi connectivity index (χ0n) is 18.6. The highest BCUT2D eigenvalue weighted by Gasteiger charge is 2.38. The maximum Gasteiger partial charge on any atom is 0.490 e. The molecular formula is C25H20F3N5O3. The van der Waals surface area contributed by atoms with Crippen LogP contribution < -0.4 is 5.32 Å². The highest BCUT2D eigenvalue weighted by molar-refractivity contribution is 5.97. The molecule has 0 fully saturated rings. The van der Waals surface area contributed by atoms with Crippen molar-refractivity contribution in [2.24, 2.45) is 0 Å². The van der Waals surface area contributed by atoms with Crippen molar-refractivity contribution in [1.82, 2.24) is 25.5 Å². The summed E-state index contributed by atoms with van der Waals surface area (Å²) in [6.45, 7) is 0.671. The van der Waals surface area contributed by atoms with Gasteiger partial charge in [-0.2, -0.15) is 18.3 Å². The Labute approximate surface area is 202 Å². The number of fused-ring (bicyclic) bond motifs is 1. The molecule has 1 aliphatic heterocycles. The van der Waals surface area contributed by atoms with Gasteiger partial charge in [-0.25, -0.2) is 4.79 Å². The van der Waals surface area contributed by atoms with Gasteiger partial charge in [0.05, 0.1) is 23.1 Å². The molecule has 0 saturated heterocycles. The van der Waals surface area contributed by atoms with Gasteiger partial charge in [-0.15, -0.1) is 0 Å². The Morgan fingerprint density at radius 3 is 2.50 bits per heavy atom. The Kier molecular flexibility index (Phi) is 7.00. The van der Waals surface area contributed by atoms with Crippen molar-refractivity contribution in [3.8, 4) is 22.5 Å². The minimum atomic E-state index is -5.08. The number of hydrogen-bond donors (Lipinski definition) is 4. The van der Waals surface area contributed by atoms with E-state index in [-0.39, 0.29) is 5.91 Å². The zero-order chi connectivity index (χ0) is 25.7. The molecule has 3 aromatic heterocycles. The fourth-order valence-electron chi connectivity index (χ4n) is 3.59. The summed E-state index contributed by atoms with van der Waals surface area (Å²) in [5.74, 6) is -2.77. The number of aromatic amines is 2. The number of nitrogens with one attached hydrogen (secondary N) is 3. The van der Waals surface area contributed by atoms with Crippen molar-refractivity contribution < 1.29 is 27.9 Å². The molecule has 0 bridgehead atoms. The number of nitrogens with zero attached hydrogens (tertiary/aromatic N) is 2. The molecular weight excluding hydrogens is 475 g/mol. The number of rotatable bonds is 4. The lowest BCUT2D eigenvalue weighted by Gasteiger charge is -2.10. The predicted octanol–water partition coefficient (Wildman–Crippen LogP) is 4.56. The van der Waals surface area contributed by atoms with Gasteiger partial charge >= 0.3 is 12.1 Å². The lowest BCUT2D eigenvalue weighted by molar-refractivity contribution is -0.192. The molecule has 0 atom stereocenters. The van der Waals surface area contributed by atoms with Crippen molar-refractivity contribution in [2.45, 2.75) is 12.6 Å². The topological polar surface area (TPSA) is 124 Å². The molecule has 1 aliphatic rings. The van der Waals surface area contributed by atoms with E-state index in [0.29, 0.717) is 6.54 Å². The summed E-state index contributed by atoms with van der Waals surface area (Å²) in [7, 11) is 0. The van der Waals surface area contributed by atoms with Gasteiger partial charge in [0.1, 0.15) is 0 Å². The van der Waals surface area contributed by atoms with Crippen molar-refractivity contribution in [1.29, 1.82) is 0 Å². The SMILES string of the molecule is O=C(O)C(F)(F)F.O=C1NCCc2[nH]c(-c3ccnc(/C=C/c4cn[nH]c4-c4ccccc4)c3)cc21. The molecule has 5 rings (SSSR count). The lowest BCUT2D eigenvalue weighted by Crippen LogP contribution is -2.31. The second-order valence-corrected chi connectivity index (χ2v) is 7.75. The van der Waals surface area contributed by atoms with E-state index < -0.39 is 12.1 Å². The van der Waals surface area contributed by atoms with E-state index in [9.17, 15) is 18.0 Å². The second kappa shape index (κ2) is 10.3. The van der Waals surface area contributed by atoms with Crippen LogP contribution >= 0.6 is 0 Å². The van der Waals surface area contributed by atoms with E-state index in [1.807, 2.05) is 60.7 Å². The van der Waals surface area contributed by atoms with Crippen LogP contribution in [0.15, 0.2) is 60.9 Å². The predicted molar refractivity (Wildman–Crippen MR) is 127 cm³/mol. The molecule has 4 aromatic rings. The number of benzene rings is 1. The molecule has 8 nitrogen and oxygen atoms in total. The molecule has 0 aliphatic carbocycles. The summed E-state index contributed by atoms with van der Waals surface area (Å²) < 4.78 is 31.7. The van der Waals surface area contributed by atoms with Gasteiger partial charge in [0.2, 0.25) is 0 Å². The number of carboxylic acid groups (broad SMARTS) is 1. The average Bonchev–Trinajstić information content (AvgIpc) is 3.51. The first-order valence-electron chi connectivity index (χ1n) is 10.8. The third-order valence-electron chi connectivity index (χ3n) is 5.30. The lowest BCUT2D eigenvalue weighted by atomic mass is 10.1. The number of H-pyrrole nitrogens is 2.